The number of halogens is 1. The molecule has 0 fully saturated rings. The van der Waals surface area contributed by atoms with Gasteiger partial charge in [-0.2, -0.15) is 0 Å². The summed E-state index contributed by atoms with van der Waals surface area (Å²) in [5.74, 6) is 0.0298. The van der Waals surface area contributed by atoms with Crippen molar-refractivity contribution in [1.82, 2.24) is 4.98 Å². The number of aryl methyl sites for hydroxylation is 1. The van der Waals surface area contributed by atoms with Crippen LogP contribution in [-0.4, -0.2) is 10.8 Å². The average Bonchev–Trinajstić information content (AvgIpc) is 2.64. The van der Waals surface area contributed by atoms with E-state index >= 15 is 0 Å². The van der Waals surface area contributed by atoms with E-state index in [9.17, 15) is 4.79 Å². The molecule has 0 spiro atoms. The molecule has 0 aromatic carbocycles. The molecule has 0 radical (unpaired) electrons. The van der Waals surface area contributed by atoms with Crippen LogP contribution in [0.2, 0.25) is 4.34 Å². The summed E-state index contributed by atoms with van der Waals surface area (Å²) < 4.78 is 0.708. The number of aromatic nitrogens is 1. The second kappa shape index (κ2) is 4.76. The lowest BCUT2D eigenvalue weighted by Crippen LogP contribution is -2.05. The summed E-state index contributed by atoms with van der Waals surface area (Å²) in [6, 6.07) is 9.14. The third-order valence-electron chi connectivity index (χ3n) is 2.14. The number of ketones is 1. The van der Waals surface area contributed by atoms with Crippen LogP contribution in [0, 0.1) is 6.92 Å². The zero-order chi connectivity index (χ0) is 11.5. The van der Waals surface area contributed by atoms with Crippen molar-refractivity contribution >= 4 is 28.7 Å². The van der Waals surface area contributed by atoms with Gasteiger partial charge >= 0.3 is 0 Å². The molecule has 0 N–H and O–H groups in total. The van der Waals surface area contributed by atoms with Crippen molar-refractivity contribution < 1.29 is 4.79 Å². The van der Waals surface area contributed by atoms with Gasteiger partial charge in [-0.15, -0.1) is 11.3 Å². The van der Waals surface area contributed by atoms with Gasteiger partial charge in [-0.25, -0.2) is 0 Å². The van der Waals surface area contributed by atoms with Crippen molar-refractivity contribution in [2.45, 2.75) is 13.3 Å². The Morgan fingerprint density at radius 2 is 2.19 bits per heavy atom. The van der Waals surface area contributed by atoms with Gasteiger partial charge in [0.2, 0.25) is 0 Å². The van der Waals surface area contributed by atoms with Gasteiger partial charge in [0.1, 0.15) is 5.69 Å². The number of hydrogen-bond acceptors (Lipinski definition) is 3. The fourth-order valence-electron chi connectivity index (χ4n) is 1.39. The predicted molar refractivity (Wildman–Crippen MR) is 66.3 cm³/mol. The first kappa shape index (κ1) is 11.3. The van der Waals surface area contributed by atoms with Crippen molar-refractivity contribution in [1.29, 1.82) is 0 Å². The van der Waals surface area contributed by atoms with Gasteiger partial charge in [0.15, 0.2) is 5.78 Å². The maximum absolute atomic E-state index is 11.9. The number of pyridine rings is 1. The molecular formula is C12H10ClNOS. The highest BCUT2D eigenvalue weighted by Gasteiger charge is 2.09. The van der Waals surface area contributed by atoms with Crippen molar-refractivity contribution in [3.63, 3.8) is 0 Å². The van der Waals surface area contributed by atoms with Crippen LogP contribution in [0.5, 0.6) is 0 Å². The first-order valence-corrected chi connectivity index (χ1v) is 6.05. The van der Waals surface area contributed by atoms with Crippen molar-refractivity contribution in [2.75, 3.05) is 0 Å². The minimum absolute atomic E-state index is 0.0298. The molecule has 0 atom stereocenters. The SMILES string of the molecule is Cc1cccc(C(=O)Cc2ccc(Cl)s2)n1. The van der Waals surface area contributed by atoms with Crippen molar-refractivity contribution in [3.8, 4) is 0 Å². The van der Waals surface area contributed by atoms with Crippen LogP contribution in [0.4, 0.5) is 0 Å². The molecule has 2 heterocycles. The Morgan fingerprint density at radius 1 is 1.38 bits per heavy atom. The Hall–Kier alpha value is -1.19. The summed E-state index contributed by atoms with van der Waals surface area (Å²) in [5.41, 5.74) is 1.37. The quantitative estimate of drug-likeness (QED) is 0.781. The van der Waals surface area contributed by atoms with E-state index in [-0.39, 0.29) is 5.78 Å². The first-order valence-electron chi connectivity index (χ1n) is 4.86. The van der Waals surface area contributed by atoms with Gasteiger partial charge in [-0.05, 0) is 31.2 Å². The molecular weight excluding hydrogens is 242 g/mol. The molecule has 2 aromatic rings. The van der Waals surface area contributed by atoms with E-state index in [1.807, 2.05) is 25.1 Å². The Morgan fingerprint density at radius 3 is 2.81 bits per heavy atom. The number of Topliss-reactive ketones (excluding diaryl/α,β-unsaturated/α-hetero) is 1. The average molecular weight is 252 g/mol. The Labute approximate surface area is 103 Å². The maximum atomic E-state index is 11.9. The molecule has 2 aromatic heterocycles. The Bertz CT molecular complexity index is 521. The topological polar surface area (TPSA) is 30.0 Å². The summed E-state index contributed by atoms with van der Waals surface area (Å²) >= 11 is 7.24. The Balaban J connectivity index is 2.14. The highest BCUT2D eigenvalue weighted by molar-refractivity contribution is 7.16. The van der Waals surface area contributed by atoms with Gasteiger partial charge in [-0.3, -0.25) is 9.78 Å². The zero-order valence-electron chi connectivity index (χ0n) is 8.74. The molecule has 0 saturated carbocycles. The Kier molecular flexibility index (Phi) is 3.36. The molecule has 4 heteroatoms. The maximum Gasteiger partial charge on any atom is 0.186 e. The second-order valence-corrected chi connectivity index (χ2v) is 5.27. The smallest absolute Gasteiger partial charge is 0.186 e. The van der Waals surface area contributed by atoms with E-state index in [4.69, 9.17) is 11.6 Å². The van der Waals surface area contributed by atoms with E-state index in [2.05, 4.69) is 4.98 Å². The van der Waals surface area contributed by atoms with Gasteiger partial charge < -0.3 is 0 Å². The largest absolute Gasteiger partial charge is 0.292 e. The highest BCUT2D eigenvalue weighted by atomic mass is 35.5. The van der Waals surface area contributed by atoms with Gasteiger partial charge in [0.25, 0.3) is 0 Å². The molecule has 0 saturated heterocycles. The van der Waals surface area contributed by atoms with Crippen LogP contribution >= 0.6 is 22.9 Å². The molecule has 16 heavy (non-hydrogen) atoms. The van der Waals surface area contributed by atoms with E-state index in [1.165, 1.54) is 11.3 Å². The normalized spacial score (nSPS) is 10.4. The molecule has 2 nitrogen and oxygen atoms in total. The molecule has 2 rings (SSSR count). The monoisotopic (exact) mass is 251 g/mol. The van der Waals surface area contributed by atoms with Crippen molar-refractivity contribution in [3.05, 3.63) is 50.9 Å². The standard InChI is InChI=1S/C12H10ClNOS/c1-8-3-2-4-10(14-8)11(15)7-9-5-6-12(13)16-9/h2-6H,7H2,1H3. The second-order valence-electron chi connectivity index (χ2n) is 3.47. The summed E-state index contributed by atoms with van der Waals surface area (Å²) in [6.07, 6.45) is 0.369. The van der Waals surface area contributed by atoms with Gasteiger partial charge in [-0.1, -0.05) is 17.7 Å². The number of carbonyl (C=O) groups excluding carboxylic acids is 1. The van der Waals surface area contributed by atoms with E-state index in [1.54, 1.807) is 12.1 Å². The van der Waals surface area contributed by atoms with Crippen LogP contribution in [0.25, 0.3) is 0 Å². The van der Waals surface area contributed by atoms with E-state index < -0.39 is 0 Å². The number of carbonyl (C=O) groups is 1. The summed E-state index contributed by atoms with van der Waals surface area (Å²) in [4.78, 5) is 17.0. The van der Waals surface area contributed by atoms with Crippen LogP contribution in [-0.2, 0) is 6.42 Å². The molecule has 0 amide bonds. The molecule has 0 aliphatic rings. The molecule has 0 aliphatic heterocycles. The van der Waals surface area contributed by atoms with Crippen LogP contribution in [0.3, 0.4) is 0 Å². The third kappa shape index (κ3) is 2.68. The molecule has 0 aliphatic carbocycles. The first-order chi connectivity index (χ1) is 7.65. The number of thiophene rings is 1. The van der Waals surface area contributed by atoms with Crippen LogP contribution < -0.4 is 0 Å². The number of hydrogen-bond donors (Lipinski definition) is 0. The predicted octanol–water partition coefficient (Wildman–Crippen LogP) is 3.53. The van der Waals surface area contributed by atoms with E-state index in [0.29, 0.717) is 16.5 Å². The molecule has 82 valence electrons. The summed E-state index contributed by atoms with van der Waals surface area (Å²) in [7, 11) is 0. The lowest BCUT2D eigenvalue weighted by molar-refractivity contribution is 0.0989. The van der Waals surface area contributed by atoms with Gasteiger partial charge in [0, 0.05) is 17.0 Å². The fourth-order valence-corrected chi connectivity index (χ4v) is 2.48. The third-order valence-corrected chi connectivity index (χ3v) is 3.37. The molecule has 0 unspecified atom stereocenters. The number of nitrogens with zero attached hydrogens (tertiary/aromatic N) is 1. The fraction of sp³-hybridized carbons (Fsp3) is 0.167. The minimum Gasteiger partial charge on any atom is -0.292 e. The zero-order valence-corrected chi connectivity index (χ0v) is 10.3. The molecule has 0 bridgehead atoms. The van der Waals surface area contributed by atoms with Gasteiger partial charge in [0.05, 0.1) is 4.34 Å². The summed E-state index contributed by atoms with van der Waals surface area (Å²) in [6.45, 7) is 1.87. The summed E-state index contributed by atoms with van der Waals surface area (Å²) in [5, 5.41) is 0. The van der Waals surface area contributed by atoms with Crippen LogP contribution in [0.1, 0.15) is 21.1 Å². The van der Waals surface area contributed by atoms with Crippen molar-refractivity contribution in [2.24, 2.45) is 0 Å². The lowest BCUT2D eigenvalue weighted by Gasteiger charge is -1.99. The minimum atomic E-state index is 0.0298. The van der Waals surface area contributed by atoms with E-state index in [0.717, 1.165) is 10.6 Å². The van der Waals surface area contributed by atoms with Crippen LogP contribution in [0.15, 0.2) is 30.3 Å². The lowest BCUT2D eigenvalue weighted by atomic mass is 10.1. The highest BCUT2D eigenvalue weighted by Crippen LogP contribution is 2.22. The number of rotatable bonds is 3.